The van der Waals surface area contributed by atoms with Gasteiger partial charge >= 0.3 is 0 Å². The van der Waals surface area contributed by atoms with Gasteiger partial charge in [0.2, 0.25) is 11.8 Å². The van der Waals surface area contributed by atoms with Crippen LogP contribution in [0.15, 0.2) is 71.6 Å². The monoisotopic (exact) mass is 617 g/mol. The number of carbonyl (C=O) groups is 2. The predicted molar refractivity (Wildman–Crippen MR) is 166 cm³/mol. The van der Waals surface area contributed by atoms with Gasteiger partial charge in [-0.15, -0.1) is 0 Å². The molecule has 3 aromatic carbocycles. The fraction of sp³-hybridized carbons (Fsp3) is 0.355. The average molecular weight is 619 g/mol. The van der Waals surface area contributed by atoms with E-state index < -0.39 is 28.5 Å². The summed E-state index contributed by atoms with van der Waals surface area (Å²) in [6.07, 6.45) is 0.298. The lowest BCUT2D eigenvalue weighted by molar-refractivity contribution is -0.140. The molecule has 3 rings (SSSR count). The highest BCUT2D eigenvalue weighted by atomic mass is 35.5. The molecule has 3 aromatic rings. The van der Waals surface area contributed by atoms with Crippen molar-refractivity contribution in [1.29, 1.82) is 0 Å². The van der Waals surface area contributed by atoms with Gasteiger partial charge < -0.3 is 10.2 Å². The highest BCUT2D eigenvalue weighted by Gasteiger charge is 2.34. The number of sulfonamides is 1. The molecule has 7 nitrogen and oxygen atoms in total. The first-order chi connectivity index (χ1) is 19.4. The first-order valence-electron chi connectivity index (χ1n) is 13.5. The van der Waals surface area contributed by atoms with Gasteiger partial charge in [-0.1, -0.05) is 85.9 Å². The van der Waals surface area contributed by atoms with Crippen molar-refractivity contribution in [3.63, 3.8) is 0 Å². The van der Waals surface area contributed by atoms with E-state index in [1.165, 1.54) is 17.0 Å². The Kier molecular flexibility index (Phi) is 11.2. The number of hydrogen-bond acceptors (Lipinski definition) is 4. The molecule has 10 heteroatoms. The molecule has 1 unspecified atom stereocenters. The molecule has 0 aliphatic carbocycles. The number of anilines is 1. The number of halogens is 2. The second-order valence-electron chi connectivity index (χ2n) is 10.4. The zero-order valence-corrected chi connectivity index (χ0v) is 26.4. The number of para-hydroxylation sites is 1. The summed E-state index contributed by atoms with van der Waals surface area (Å²) in [4.78, 5) is 29.0. The normalized spacial score (nSPS) is 12.2. The molecule has 2 amide bonds. The lowest BCUT2D eigenvalue weighted by atomic mass is 10.1. The largest absolute Gasteiger partial charge is 0.354 e. The van der Waals surface area contributed by atoms with E-state index in [2.05, 4.69) is 5.32 Å². The summed E-state index contributed by atoms with van der Waals surface area (Å²) in [5, 5.41) is 3.59. The van der Waals surface area contributed by atoms with Crippen molar-refractivity contribution >= 4 is 50.7 Å². The predicted octanol–water partition coefficient (Wildman–Crippen LogP) is 6.39. The van der Waals surface area contributed by atoms with Crippen LogP contribution in [0.4, 0.5) is 5.69 Å². The number of nitrogens with one attached hydrogen (secondary N) is 1. The summed E-state index contributed by atoms with van der Waals surface area (Å²) in [6.45, 7) is 9.23. The van der Waals surface area contributed by atoms with Crippen molar-refractivity contribution in [2.45, 2.75) is 58.5 Å². The zero-order valence-electron chi connectivity index (χ0n) is 24.0. The molecule has 0 radical (unpaired) electrons. The van der Waals surface area contributed by atoms with E-state index in [9.17, 15) is 18.0 Å². The fourth-order valence-electron chi connectivity index (χ4n) is 4.39. The third-order valence-corrected chi connectivity index (χ3v) is 9.21. The molecule has 0 heterocycles. The smallest absolute Gasteiger partial charge is 0.264 e. The van der Waals surface area contributed by atoms with Gasteiger partial charge in [-0.05, 0) is 62.1 Å². The third-order valence-electron chi connectivity index (χ3n) is 6.73. The van der Waals surface area contributed by atoms with Crippen molar-refractivity contribution in [3.8, 4) is 0 Å². The molecule has 220 valence electrons. The first kappa shape index (κ1) is 32.4. The minimum atomic E-state index is -4.15. The second-order valence-corrected chi connectivity index (χ2v) is 13.1. The van der Waals surface area contributed by atoms with Crippen LogP contribution < -0.4 is 9.62 Å². The molecule has 0 aliphatic rings. The first-order valence-corrected chi connectivity index (χ1v) is 15.7. The number of carbonyl (C=O) groups excluding carboxylic acids is 2. The minimum Gasteiger partial charge on any atom is -0.354 e. The molecule has 0 fully saturated rings. The van der Waals surface area contributed by atoms with Crippen molar-refractivity contribution in [2.24, 2.45) is 5.92 Å². The quantitative estimate of drug-likeness (QED) is 0.255. The second kappa shape index (κ2) is 14.2. The van der Waals surface area contributed by atoms with Gasteiger partial charge in [-0.25, -0.2) is 8.42 Å². The van der Waals surface area contributed by atoms with Gasteiger partial charge in [-0.2, -0.15) is 0 Å². The maximum Gasteiger partial charge on any atom is 0.264 e. The summed E-state index contributed by atoms with van der Waals surface area (Å²) in [6, 6.07) is 17.6. The van der Waals surface area contributed by atoms with E-state index >= 15 is 0 Å². The molecular weight excluding hydrogens is 581 g/mol. The van der Waals surface area contributed by atoms with Crippen LogP contribution in [0, 0.1) is 19.8 Å². The van der Waals surface area contributed by atoms with Crippen molar-refractivity contribution in [3.05, 3.63) is 93.5 Å². The Morgan fingerprint density at radius 3 is 2.07 bits per heavy atom. The SMILES string of the molecule is CCC(C(=O)NCC(C)C)N(Cc1c(Cl)cccc1Cl)C(=O)CN(c1ccccc1C)S(=O)(=O)c1ccc(C)cc1. The molecule has 1 N–H and O–H groups in total. The van der Waals surface area contributed by atoms with Gasteiger partial charge in [0.25, 0.3) is 10.0 Å². The van der Waals surface area contributed by atoms with Gasteiger partial charge in [0.1, 0.15) is 12.6 Å². The molecule has 0 aromatic heterocycles. The molecule has 0 spiro atoms. The van der Waals surface area contributed by atoms with Gasteiger partial charge in [0.05, 0.1) is 10.6 Å². The lowest BCUT2D eigenvalue weighted by Gasteiger charge is -2.34. The summed E-state index contributed by atoms with van der Waals surface area (Å²) in [5.74, 6) is -0.692. The number of amides is 2. The Balaban J connectivity index is 2.10. The third kappa shape index (κ3) is 8.03. The van der Waals surface area contributed by atoms with Gasteiger partial charge in [-0.3, -0.25) is 13.9 Å². The van der Waals surface area contributed by atoms with E-state index in [-0.39, 0.29) is 23.3 Å². The van der Waals surface area contributed by atoms with Crippen LogP contribution in [-0.4, -0.2) is 44.3 Å². The number of rotatable bonds is 12. The van der Waals surface area contributed by atoms with Crippen molar-refractivity contribution < 1.29 is 18.0 Å². The van der Waals surface area contributed by atoms with Crippen molar-refractivity contribution in [1.82, 2.24) is 10.2 Å². The number of benzene rings is 3. The number of aryl methyl sites for hydroxylation is 2. The lowest BCUT2D eigenvalue weighted by Crippen LogP contribution is -2.52. The summed E-state index contributed by atoms with van der Waals surface area (Å²) < 4.78 is 29.1. The van der Waals surface area contributed by atoms with E-state index in [1.54, 1.807) is 68.4 Å². The molecule has 1 atom stereocenters. The number of nitrogens with zero attached hydrogens (tertiary/aromatic N) is 2. The Morgan fingerprint density at radius 1 is 0.902 bits per heavy atom. The number of hydrogen-bond donors (Lipinski definition) is 1. The van der Waals surface area contributed by atoms with E-state index in [4.69, 9.17) is 23.2 Å². The molecule has 0 saturated heterocycles. The van der Waals surface area contributed by atoms with E-state index in [1.807, 2.05) is 20.8 Å². The zero-order chi connectivity index (χ0) is 30.3. The Bertz CT molecular complexity index is 1460. The summed E-state index contributed by atoms with van der Waals surface area (Å²) >= 11 is 12.9. The summed E-state index contributed by atoms with van der Waals surface area (Å²) in [7, 11) is -4.15. The highest BCUT2D eigenvalue weighted by Crippen LogP contribution is 2.30. The van der Waals surface area contributed by atoms with Gasteiger partial charge in [0.15, 0.2) is 0 Å². The van der Waals surface area contributed by atoms with Crippen LogP contribution in [-0.2, 0) is 26.2 Å². The fourth-order valence-corrected chi connectivity index (χ4v) is 6.39. The maximum absolute atomic E-state index is 14.2. The molecular formula is C31H37Cl2N3O4S. The van der Waals surface area contributed by atoms with Crippen LogP contribution in [0.1, 0.15) is 43.9 Å². The van der Waals surface area contributed by atoms with Crippen LogP contribution in [0.25, 0.3) is 0 Å². The van der Waals surface area contributed by atoms with Crippen molar-refractivity contribution in [2.75, 3.05) is 17.4 Å². The maximum atomic E-state index is 14.2. The minimum absolute atomic E-state index is 0.0570. The Hall–Kier alpha value is -3.07. The van der Waals surface area contributed by atoms with Gasteiger partial charge in [0, 0.05) is 28.7 Å². The van der Waals surface area contributed by atoms with E-state index in [0.717, 1.165) is 9.87 Å². The van der Waals surface area contributed by atoms with Crippen LogP contribution in [0.5, 0.6) is 0 Å². The molecule has 41 heavy (non-hydrogen) atoms. The van der Waals surface area contributed by atoms with Crippen LogP contribution in [0.2, 0.25) is 10.0 Å². The average Bonchev–Trinajstić information content (AvgIpc) is 2.92. The Morgan fingerprint density at radius 2 is 1.51 bits per heavy atom. The molecule has 0 bridgehead atoms. The van der Waals surface area contributed by atoms with Crippen LogP contribution in [0.3, 0.4) is 0 Å². The Labute approximate surface area is 253 Å². The highest BCUT2D eigenvalue weighted by molar-refractivity contribution is 7.92. The molecule has 0 saturated carbocycles. The molecule has 0 aliphatic heterocycles. The topological polar surface area (TPSA) is 86.8 Å². The standard InChI is InChI=1S/C31H37Cl2N3O4S/c1-6-28(31(38)34-18-21(2)3)35(19-25-26(32)11-9-12-27(25)33)30(37)20-36(29-13-8-7-10-23(29)5)41(39,40)24-16-14-22(4)15-17-24/h7-17,21,28H,6,18-20H2,1-5H3,(H,34,38). The van der Waals surface area contributed by atoms with Crippen LogP contribution >= 0.6 is 23.2 Å². The summed E-state index contributed by atoms with van der Waals surface area (Å²) in [5.41, 5.74) is 2.43. The van der Waals surface area contributed by atoms with E-state index in [0.29, 0.717) is 39.8 Å².